The Kier molecular flexibility index (Phi) is 7.91. The van der Waals surface area contributed by atoms with Crippen LogP contribution in [0.2, 0.25) is 10.0 Å². The minimum Gasteiger partial charge on any atom is -0.457 e. The summed E-state index contributed by atoms with van der Waals surface area (Å²) in [5.41, 5.74) is 2.65. The molecule has 1 atom stereocenters. The third kappa shape index (κ3) is 6.01. The molecule has 0 fully saturated rings. The molecular formula is C27H25Cl2N3O2S2. The second-order valence-electron chi connectivity index (χ2n) is 9.73. The summed E-state index contributed by atoms with van der Waals surface area (Å²) in [7, 11) is 0. The predicted molar refractivity (Wildman–Crippen MR) is 152 cm³/mol. The molecular weight excluding hydrogens is 533 g/mol. The van der Waals surface area contributed by atoms with Gasteiger partial charge in [0.25, 0.3) is 0 Å². The zero-order valence-corrected chi connectivity index (χ0v) is 23.2. The number of rotatable bonds is 4. The first-order valence-corrected chi connectivity index (χ1v) is 13.4. The minimum atomic E-state index is -0.414. The van der Waals surface area contributed by atoms with E-state index < -0.39 is 5.91 Å². The maximum atomic E-state index is 12.4. The van der Waals surface area contributed by atoms with E-state index in [0.29, 0.717) is 43.6 Å². The number of furan rings is 1. The van der Waals surface area contributed by atoms with Gasteiger partial charge in [0.15, 0.2) is 5.11 Å². The highest BCUT2D eigenvalue weighted by molar-refractivity contribution is 7.80. The van der Waals surface area contributed by atoms with Crippen LogP contribution in [0.3, 0.4) is 0 Å². The maximum Gasteiger partial charge on any atom is 0.250 e. The molecule has 0 saturated carbocycles. The summed E-state index contributed by atoms with van der Waals surface area (Å²) < 4.78 is 5.77. The smallest absolute Gasteiger partial charge is 0.250 e. The Bertz CT molecular complexity index is 1390. The third-order valence-electron chi connectivity index (χ3n) is 6.29. The normalized spacial score (nSPS) is 15.4. The molecule has 2 aromatic heterocycles. The van der Waals surface area contributed by atoms with Crippen LogP contribution < -0.4 is 10.6 Å². The zero-order chi connectivity index (χ0) is 26.0. The highest BCUT2D eigenvalue weighted by Crippen LogP contribution is 2.44. The quantitative estimate of drug-likeness (QED) is 0.252. The van der Waals surface area contributed by atoms with E-state index in [2.05, 4.69) is 37.5 Å². The molecule has 0 radical (unpaired) electrons. The molecule has 2 heterocycles. The molecule has 0 aliphatic heterocycles. The Morgan fingerprint density at radius 2 is 2.06 bits per heavy atom. The van der Waals surface area contributed by atoms with Crippen LogP contribution in [0.25, 0.3) is 17.4 Å². The van der Waals surface area contributed by atoms with Gasteiger partial charge in [0.2, 0.25) is 5.91 Å². The number of fused-ring (bicyclic) bond motifs is 1. The molecule has 4 rings (SSSR count). The van der Waals surface area contributed by atoms with Gasteiger partial charge >= 0.3 is 0 Å². The fraction of sp³-hybridized carbons (Fsp3) is 0.296. The van der Waals surface area contributed by atoms with E-state index in [9.17, 15) is 10.1 Å². The van der Waals surface area contributed by atoms with Crippen molar-refractivity contribution in [3.8, 4) is 17.4 Å². The average molecular weight is 559 g/mol. The van der Waals surface area contributed by atoms with Crippen LogP contribution in [0.1, 0.15) is 49.0 Å². The summed E-state index contributed by atoms with van der Waals surface area (Å²) in [5.74, 6) is 1.20. The summed E-state index contributed by atoms with van der Waals surface area (Å²) in [6, 6.07) is 11.0. The summed E-state index contributed by atoms with van der Waals surface area (Å²) in [6.45, 7) is 6.78. The van der Waals surface area contributed by atoms with E-state index >= 15 is 0 Å². The molecule has 1 aromatic carbocycles. The highest BCUT2D eigenvalue weighted by atomic mass is 35.5. The van der Waals surface area contributed by atoms with Crippen molar-refractivity contribution >= 4 is 68.9 Å². The molecule has 2 N–H and O–H groups in total. The SMILES string of the molecule is CC(C)(C)C1CCc2c(sc(NC(=S)NC(=O)/C=C/c3ccc(-c4ccc(Cl)cc4Cl)o3)c2C#N)C1. The minimum absolute atomic E-state index is 0.139. The number of carbonyl (C=O) groups is 1. The van der Waals surface area contributed by atoms with Gasteiger partial charge in [-0.15, -0.1) is 11.3 Å². The number of carbonyl (C=O) groups excluding carboxylic acids is 1. The van der Waals surface area contributed by atoms with Gasteiger partial charge < -0.3 is 9.73 Å². The first-order chi connectivity index (χ1) is 17.0. The number of halogens is 2. The molecule has 0 saturated heterocycles. The molecule has 5 nitrogen and oxygen atoms in total. The van der Waals surface area contributed by atoms with Gasteiger partial charge in [-0.1, -0.05) is 44.0 Å². The zero-order valence-electron chi connectivity index (χ0n) is 20.1. The van der Waals surface area contributed by atoms with Gasteiger partial charge in [-0.3, -0.25) is 10.1 Å². The van der Waals surface area contributed by atoms with E-state index in [0.717, 1.165) is 24.8 Å². The monoisotopic (exact) mass is 557 g/mol. The Balaban J connectivity index is 1.38. The Morgan fingerprint density at radius 1 is 1.28 bits per heavy atom. The Hall–Kier alpha value is -2.63. The molecule has 9 heteroatoms. The molecule has 186 valence electrons. The van der Waals surface area contributed by atoms with E-state index in [1.165, 1.54) is 11.0 Å². The van der Waals surface area contributed by atoms with Crippen LogP contribution in [-0.2, 0) is 17.6 Å². The number of thiocarbonyl (C=S) groups is 1. The van der Waals surface area contributed by atoms with Crippen LogP contribution in [0.5, 0.6) is 0 Å². The fourth-order valence-corrected chi connectivity index (χ4v) is 6.30. The topological polar surface area (TPSA) is 78.1 Å². The van der Waals surface area contributed by atoms with Crippen molar-refractivity contribution in [3.63, 3.8) is 0 Å². The lowest BCUT2D eigenvalue weighted by molar-refractivity contribution is -0.115. The first kappa shape index (κ1) is 26.4. The van der Waals surface area contributed by atoms with E-state index in [-0.39, 0.29) is 10.5 Å². The van der Waals surface area contributed by atoms with Crippen LogP contribution >= 0.6 is 46.8 Å². The van der Waals surface area contributed by atoms with Crippen LogP contribution in [0.4, 0.5) is 5.00 Å². The number of hydrogen-bond acceptors (Lipinski definition) is 5. The number of nitrogens with one attached hydrogen (secondary N) is 2. The molecule has 1 aliphatic rings. The van der Waals surface area contributed by atoms with Gasteiger partial charge in [0.05, 0.1) is 10.6 Å². The lowest BCUT2D eigenvalue weighted by Gasteiger charge is -2.33. The number of hydrogen-bond donors (Lipinski definition) is 2. The Labute approximate surface area is 230 Å². The molecule has 1 aliphatic carbocycles. The average Bonchev–Trinajstić information content (AvgIpc) is 3.40. The number of anilines is 1. The van der Waals surface area contributed by atoms with Crippen molar-refractivity contribution in [1.29, 1.82) is 5.26 Å². The lowest BCUT2D eigenvalue weighted by atomic mass is 9.72. The van der Waals surface area contributed by atoms with Crippen LogP contribution in [0.15, 0.2) is 40.8 Å². The lowest BCUT2D eigenvalue weighted by Crippen LogP contribution is -2.32. The molecule has 0 spiro atoms. The fourth-order valence-electron chi connectivity index (χ4n) is 4.25. The van der Waals surface area contributed by atoms with Gasteiger partial charge in [0, 0.05) is 21.5 Å². The van der Waals surface area contributed by atoms with E-state index in [1.807, 2.05) is 0 Å². The van der Waals surface area contributed by atoms with Gasteiger partial charge in [-0.2, -0.15) is 5.26 Å². The number of amides is 1. The second kappa shape index (κ2) is 10.8. The number of thiophene rings is 1. The van der Waals surface area contributed by atoms with Crippen molar-refractivity contribution in [2.24, 2.45) is 11.3 Å². The van der Waals surface area contributed by atoms with E-state index in [1.54, 1.807) is 47.7 Å². The van der Waals surface area contributed by atoms with Crippen LogP contribution in [0, 0.1) is 22.7 Å². The van der Waals surface area contributed by atoms with Crippen molar-refractivity contribution in [3.05, 3.63) is 68.2 Å². The molecule has 36 heavy (non-hydrogen) atoms. The second-order valence-corrected chi connectivity index (χ2v) is 12.1. The van der Waals surface area contributed by atoms with Crippen LogP contribution in [-0.4, -0.2) is 11.0 Å². The van der Waals surface area contributed by atoms with Gasteiger partial charge in [-0.05, 0) is 84.8 Å². The highest BCUT2D eigenvalue weighted by Gasteiger charge is 2.32. The molecule has 3 aromatic rings. The summed E-state index contributed by atoms with van der Waals surface area (Å²) in [6.07, 6.45) is 5.77. The predicted octanol–water partition coefficient (Wildman–Crippen LogP) is 7.86. The first-order valence-electron chi connectivity index (χ1n) is 11.4. The van der Waals surface area contributed by atoms with Crippen molar-refractivity contribution in [2.75, 3.05) is 5.32 Å². The summed E-state index contributed by atoms with van der Waals surface area (Å²) in [4.78, 5) is 13.6. The van der Waals surface area contributed by atoms with Gasteiger partial charge in [-0.25, -0.2) is 0 Å². The number of nitrogens with zero attached hydrogens (tertiary/aromatic N) is 1. The standard InChI is InChI=1S/C27H25Cl2N3O2S2/c1-27(2,3)15-4-8-18-20(14-30)25(36-23(18)12-15)32-26(35)31-24(33)11-7-17-6-10-22(34-17)19-9-5-16(28)13-21(19)29/h5-7,9-11,13,15H,4,8,12H2,1-3H3,(H2,31,32,33,35)/b11-7+. The number of nitriles is 1. The molecule has 0 bridgehead atoms. The largest absolute Gasteiger partial charge is 0.457 e. The van der Waals surface area contributed by atoms with E-state index in [4.69, 9.17) is 39.8 Å². The molecule has 1 unspecified atom stereocenters. The van der Waals surface area contributed by atoms with Gasteiger partial charge in [0.1, 0.15) is 22.6 Å². The summed E-state index contributed by atoms with van der Waals surface area (Å²) >= 11 is 19.1. The van der Waals surface area contributed by atoms with Crippen molar-refractivity contribution in [2.45, 2.75) is 40.0 Å². The van der Waals surface area contributed by atoms with Crippen molar-refractivity contribution in [1.82, 2.24) is 5.32 Å². The maximum absolute atomic E-state index is 12.4. The molecule has 1 amide bonds. The number of benzene rings is 1. The van der Waals surface area contributed by atoms with Crippen molar-refractivity contribution < 1.29 is 9.21 Å². The summed E-state index contributed by atoms with van der Waals surface area (Å²) in [5, 5.41) is 17.3. The third-order valence-corrected chi connectivity index (χ3v) is 8.21. The Morgan fingerprint density at radius 3 is 2.75 bits per heavy atom.